The van der Waals surface area contributed by atoms with E-state index in [4.69, 9.17) is 11.6 Å². The van der Waals surface area contributed by atoms with Crippen LogP contribution in [0.5, 0.6) is 0 Å². The maximum atomic E-state index is 12.3. The molecule has 1 amide bonds. The van der Waals surface area contributed by atoms with Crippen molar-refractivity contribution in [3.63, 3.8) is 0 Å². The number of carbonyl (C=O) groups excluding carboxylic acids is 1. The van der Waals surface area contributed by atoms with Crippen molar-refractivity contribution in [2.24, 2.45) is 0 Å². The first-order chi connectivity index (χ1) is 12.0. The first-order valence-electron chi connectivity index (χ1n) is 8.24. The van der Waals surface area contributed by atoms with Gasteiger partial charge in [-0.2, -0.15) is 5.10 Å². The molecule has 3 aromatic rings. The summed E-state index contributed by atoms with van der Waals surface area (Å²) in [4.78, 5) is 12.3. The van der Waals surface area contributed by atoms with Gasteiger partial charge in [-0.1, -0.05) is 47.5 Å². The number of fused-ring (bicyclic) bond motifs is 1. The monoisotopic (exact) mass is 351 g/mol. The Hall–Kier alpha value is -2.59. The summed E-state index contributed by atoms with van der Waals surface area (Å²) < 4.78 is 1.77. The van der Waals surface area contributed by atoms with Gasteiger partial charge in [-0.15, -0.1) is 0 Å². The summed E-state index contributed by atoms with van der Waals surface area (Å²) in [6, 6.07) is 14.0. The maximum absolute atomic E-state index is 12.3. The van der Waals surface area contributed by atoms with Crippen LogP contribution in [-0.4, -0.2) is 15.7 Å². The first-order valence-corrected chi connectivity index (χ1v) is 8.62. The smallest absolute Gasteiger partial charge is 0.226 e. The largest absolute Gasteiger partial charge is 0.310 e. The summed E-state index contributed by atoms with van der Waals surface area (Å²) in [5, 5.41) is 8.20. The van der Waals surface area contributed by atoms with Crippen molar-refractivity contribution in [2.75, 3.05) is 5.32 Å². The van der Waals surface area contributed by atoms with Gasteiger partial charge in [-0.05, 0) is 37.1 Å². The van der Waals surface area contributed by atoms with E-state index in [2.05, 4.69) is 41.6 Å². The number of amides is 1. The van der Waals surface area contributed by atoms with E-state index in [1.165, 1.54) is 5.56 Å². The van der Waals surface area contributed by atoms with Crippen molar-refractivity contribution in [2.45, 2.75) is 26.2 Å². The lowest BCUT2D eigenvalue weighted by Crippen LogP contribution is -2.24. The quantitative estimate of drug-likeness (QED) is 0.732. The minimum Gasteiger partial charge on any atom is -0.310 e. The van der Waals surface area contributed by atoms with Crippen LogP contribution in [0.2, 0.25) is 5.02 Å². The van der Waals surface area contributed by atoms with E-state index in [1.807, 2.05) is 31.3 Å². The fourth-order valence-electron chi connectivity index (χ4n) is 3.32. The van der Waals surface area contributed by atoms with Gasteiger partial charge in [-0.3, -0.25) is 4.79 Å². The lowest BCUT2D eigenvalue weighted by atomic mass is 9.87. The van der Waals surface area contributed by atoms with Crippen molar-refractivity contribution in [3.8, 4) is 5.69 Å². The molecule has 1 aliphatic rings. The number of hydrogen-bond acceptors (Lipinski definition) is 2. The fraction of sp³-hybridized carbons (Fsp3) is 0.200. The molecular weight excluding hydrogens is 334 g/mol. The zero-order valence-corrected chi connectivity index (χ0v) is 14.8. The van der Waals surface area contributed by atoms with Crippen molar-refractivity contribution >= 4 is 23.3 Å². The second kappa shape index (κ2) is 6.05. The van der Waals surface area contributed by atoms with Gasteiger partial charge in [0.2, 0.25) is 5.91 Å². The van der Waals surface area contributed by atoms with Gasteiger partial charge in [0.25, 0.3) is 0 Å². The minimum atomic E-state index is -0.000457. The highest BCUT2D eigenvalue weighted by Gasteiger charge is 2.30. The molecule has 25 heavy (non-hydrogen) atoms. The number of nitrogens with one attached hydrogen (secondary N) is 1. The third kappa shape index (κ3) is 2.72. The lowest BCUT2D eigenvalue weighted by molar-refractivity contribution is -0.116. The Morgan fingerprint density at radius 1 is 1.16 bits per heavy atom. The number of aromatic nitrogens is 2. The van der Waals surface area contributed by atoms with Crippen LogP contribution in [0.15, 0.2) is 48.7 Å². The molecule has 1 N–H and O–H groups in total. The predicted octanol–water partition coefficient (Wildman–Crippen LogP) is 4.62. The summed E-state index contributed by atoms with van der Waals surface area (Å²) in [5.74, 6) is 0.740. The van der Waals surface area contributed by atoms with Gasteiger partial charge in [0.15, 0.2) is 0 Å². The third-order valence-electron chi connectivity index (χ3n) is 4.77. The van der Waals surface area contributed by atoms with Gasteiger partial charge in [0, 0.05) is 22.9 Å². The van der Waals surface area contributed by atoms with Crippen LogP contribution in [0.4, 0.5) is 5.82 Å². The summed E-state index contributed by atoms with van der Waals surface area (Å²) in [6.07, 6.45) is 2.27. The zero-order chi connectivity index (χ0) is 17.6. The standard InChI is InChI=1S/C20H18ClN3O/c1-12-6-8-14(9-7-12)15-10-19(25)23-20-16(15)11-22-24(20)18-5-3-4-17(21)13(18)2/h3-9,11,15H,10H2,1-2H3,(H,23,25)/t15-/m0/s1. The number of nitrogens with zero attached hydrogens (tertiary/aromatic N) is 2. The summed E-state index contributed by atoms with van der Waals surface area (Å²) in [7, 11) is 0. The number of anilines is 1. The Morgan fingerprint density at radius 2 is 1.92 bits per heavy atom. The van der Waals surface area contributed by atoms with Crippen LogP contribution < -0.4 is 5.32 Å². The highest BCUT2D eigenvalue weighted by molar-refractivity contribution is 6.31. The SMILES string of the molecule is Cc1ccc([C@@H]2CC(=O)Nc3c2cnn3-c2cccc(Cl)c2C)cc1. The normalized spacial score (nSPS) is 16.4. The van der Waals surface area contributed by atoms with Crippen LogP contribution in [0.3, 0.4) is 0 Å². The number of rotatable bonds is 2. The molecule has 1 aromatic heterocycles. The Balaban J connectivity index is 1.84. The molecule has 0 saturated heterocycles. The van der Waals surface area contributed by atoms with Gasteiger partial charge in [0.05, 0.1) is 11.9 Å². The van der Waals surface area contributed by atoms with E-state index in [0.717, 1.165) is 28.2 Å². The molecule has 1 atom stereocenters. The van der Waals surface area contributed by atoms with E-state index >= 15 is 0 Å². The Morgan fingerprint density at radius 3 is 2.68 bits per heavy atom. The fourth-order valence-corrected chi connectivity index (χ4v) is 3.49. The average Bonchev–Trinajstić information content (AvgIpc) is 3.01. The van der Waals surface area contributed by atoms with E-state index < -0.39 is 0 Å². The molecule has 5 heteroatoms. The second-order valence-corrected chi connectivity index (χ2v) is 6.87. The van der Waals surface area contributed by atoms with Gasteiger partial charge >= 0.3 is 0 Å². The molecule has 0 saturated carbocycles. The minimum absolute atomic E-state index is 0.000457. The third-order valence-corrected chi connectivity index (χ3v) is 5.18. The predicted molar refractivity (Wildman–Crippen MR) is 99.6 cm³/mol. The molecule has 2 heterocycles. The van der Waals surface area contributed by atoms with Crippen LogP contribution in [0.1, 0.15) is 34.6 Å². The molecule has 0 radical (unpaired) electrons. The first kappa shape index (κ1) is 15.9. The number of hydrogen-bond donors (Lipinski definition) is 1. The van der Waals surface area contributed by atoms with Crippen molar-refractivity contribution in [1.82, 2.24) is 9.78 Å². The molecule has 126 valence electrons. The highest BCUT2D eigenvalue weighted by Crippen LogP contribution is 2.38. The topological polar surface area (TPSA) is 46.9 Å². The molecule has 0 fully saturated rings. The Labute approximate surface area is 151 Å². The van der Waals surface area contributed by atoms with Crippen LogP contribution >= 0.6 is 11.6 Å². The molecule has 0 spiro atoms. The van der Waals surface area contributed by atoms with E-state index in [-0.39, 0.29) is 11.8 Å². The van der Waals surface area contributed by atoms with Crippen molar-refractivity contribution in [1.29, 1.82) is 0 Å². The summed E-state index contributed by atoms with van der Waals surface area (Å²) in [6.45, 7) is 4.01. The number of benzene rings is 2. The number of aryl methyl sites for hydroxylation is 1. The zero-order valence-electron chi connectivity index (χ0n) is 14.1. The number of carbonyl (C=O) groups is 1. The lowest BCUT2D eigenvalue weighted by Gasteiger charge is -2.24. The summed E-state index contributed by atoms with van der Waals surface area (Å²) >= 11 is 6.25. The molecule has 0 unspecified atom stereocenters. The van der Waals surface area contributed by atoms with E-state index in [0.29, 0.717) is 11.4 Å². The highest BCUT2D eigenvalue weighted by atomic mass is 35.5. The van der Waals surface area contributed by atoms with Gasteiger partial charge in [-0.25, -0.2) is 4.68 Å². The van der Waals surface area contributed by atoms with Gasteiger partial charge in [0.1, 0.15) is 5.82 Å². The van der Waals surface area contributed by atoms with Crippen LogP contribution in [0, 0.1) is 13.8 Å². The van der Waals surface area contributed by atoms with Crippen molar-refractivity contribution in [3.05, 3.63) is 75.9 Å². The Bertz CT molecular complexity index is 960. The van der Waals surface area contributed by atoms with Crippen molar-refractivity contribution < 1.29 is 4.79 Å². The number of halogens is 1. The van der Waals surface area contributed by atoms with E-state index in [1.54, 1.807) is 4.68 Å². The molecule has 0 aliphatic carbocycles. The van der Waals surface area contributed by atoms with Crippen LogP contribution in [0.25, 0.3) is 5.69 Å². The Kier molecular flexibility index (Phi) is 3.85. The maximum Gasteiger partial charge on any atom is 0.226 e. The summed E-state index contributed by atoms with van der Waals surface area (Å²) in [5.41, 5.74) is 5.17. The molecular formula is C20H18ClN3O. The average molecular weight is 352 g/mol. The second-order valence-electron chi connectivity index (χ2n) is 6.46. The molecule has 1 aliphatic heterocycles. The van der Waals surface area contributed by atoms with Crippen LogP contribution in [-0.2, 0) is 4.79 Å². The van der Waals surface area contributed by atoms with Gasteiger partial charge < -0.3 is 5.32 Å². The molecule has 2 aromatic carbocycles. The molecule has 4 nitrogen and oxygen atoms in total. The molecule has 4 rings (SSSR count). The molecule has 0 bridgehead atoms. The van der Waals surface area contributed by atoms with E-state index in [9.17, 15) is 4.79 Å².